The van der Waals surface area contributed by atoms with Crippen LogP contribution in [-0.4, -0.2) is 29.0 Å². The van der Waals surface area contributed by atoms with Crippen molar-refractivity contribution in [2.24, 2.45) is 0 Å². The second-order valence-corrected chi connectivity index (χ2v) is 4.97. The van der Waals surface area contributed by atoms with Crippen LogP contribution in [0.4, 0.5) is 0 Å². The highest BCUT2D eigenvalue weighted by Gasteiger charge is 2.11. The lowest BCUT2D eigenvalue weighted by Gasteiger charge is -2.09. The van der Waals surface area contributed by atoms with Gasteiger partial charge in [0.05, 0.1) is 18.6 Å². The summed E-state index contributed by atoms with van der Waals surface area (Å²) >= 11 is 4.79. The molecule has 0 saturated carbocycles. The first-order valence-corrected chi connectivity index (χ1v) is 6.88. The molecule has 0 aromatic heterocycles. The number of benzene rings is 1. The lowest BCUT2D eigenvalue weighted by molar-refractivity contribution is -0.119. The van der Waals surface area contributed by atoms with Crippen molar-refractivity contribution in [3.63, 3.8) is 0 Å². The molecule has 0 radical (unpaired) electrons. The molecule has 1 rings (SSSR count). The molecule has 1 amide bonds. The highest BCUT2D eigenvalue weighted by atomic mass is 32.2. The first kappa shape index (κ1) is 15.6. The quantitative estimate of drug-likeness (QED) is 0.389. The molecular formula is C12H15N3O2S2. The molecule has 0 unspecified atom stereocenters. The van der Waals surface area contributed by atoms with Crippen molar-refractivity contribution in [1.29, 1.82) is 10.8 Å². The molecular weight excluding hydrogens is 282 g/mol. The van der Waals surface area contributed by atoms with Gasteiger partial charge in [0.15, 0.2) is 5.17 Å². The first-order valence-electron chi connectivity index (χ1n) is 5.43. The minimum absolute atomic E-state index is 0.0704. The zero-order valence-corrected chi connectivity index (χ0v) is 12.1. The lowest BCUT2D eigenvalue weighted by atomic mass is 10.1. The van der Waals surface area contributed by atoms with Crippen LogP contribution in [-0.2, 0) is 11.2 Å². The van der Waals surface area contributed by atoms with Crippen LogP contribution >= 0.6 is 24.4 Å². The van der Waals surface area contributed by atoms with Crippen molar-refractivity contribution in [2.45, 2.75) is 6.42 Å². The first-order chi connectivity index (χ1) is 9.06. The lowest BCUT2D eigenvalue weighted by Crippen LogP contribution is -2.30. The molecule has 0 bridgehead atoms. The van der Waals surface area contributed by atoms with Crippen LogP contribution in [0.25, 0.3) is 0 Å². The summed E-state index contributed by atoms with van der Waals surface area (Å²) in [4.78, 5) is 11.8. The predicted octanol–water partition coefficient (Wildman–Crippen LogP) is 1.93. The maximum atomic E-state index is 11.8. The molecule has 19 heavy (non-hydrogen) atoms. The number of amides is 1. The molecule has 102 valence electrons. The maximum absolute atomic E-state index is 11.8. The van der Waals surface area contributed by atoms with Crippen LogP contribution in [0.15, 0.2) is 24.3 Å². The predicted molar refractivity (Wildman–Crippen MR) is 81.7 cm³/mol. The highest BCUT2D eigenvalue weighted by Crippen LogP contribution is 2.17. The van der Waals surface area contributed by atoms with E-state index < -0.39 is 0 Å². The molecule has 0 atom stereocenters. The van der Waals surface area contributed by atoms with E-state index in [4.69, 9.17) is 15.6 Å². The minimum atomic E-state index is -0.311. The van der Waals surface area contributed by atoms with E-state index in [1.165, 1.54) is 0 Å². The largest absolute Gasteiger partial charge is 0.496 e. The molecule has 0 fully saturated rings. The van der Waals surface area contributed by atoms with Crippen LogP contribution in [0.1, 0.15) is 5.56 Å². The van der Waals surface area contributed by atoms with Gasteiger partial charge in [-0.3, -0.25) is 15.6 Å². The number of thioether (sulfide) groups is 1. The van der Waals surface area contributed by atoms with Gasteiger partial charge in [-0.25, -0.2) is 0 Å². The molecule has 1 aromatic carbocycles. The Hall–Kier alpha value is -1.47. The molecule has 1 aromatic rings. The monoisotopic (exact) mass is 297 g/mol. The molecule has 0 aliphatic heterocycles. The van der Waals surface area contributed by atoms with Crippen LogP contribution in [0, 0.1) is 10.8 Å². The third kappa shape index (κ3) is 5.35. The fraction of sp³-hybridized carbons (Fsp3) is 0.250. The van der Waals surface area contributed by atoms with E-state index in [0.29, 0.717) is 5.75 Å². The smallest absolute Gasteiger partial charge is 0.230 e. The van der Waals surface area contributed by atoms with Crippen LogP contribution in [0.3, 0.4) is 0 Å². The summed E-state index contributed by atoms with van der Waals surface area (Å²) in [6.07, 6.45) is 0.126. The number of carbonyl (C=O) groups excluding carboxylic acids is 1. The number of hydrogen-bond acceptors (Lipinski definition) is 6. The van der Waals surface area contributed by atoms with Crippen molar-refractivity contribution in [2.75, 3.05) is 12.9 Å². The molecule has 0 aliphatic carbocycles. The Labute approximate surface area is 121 Å². The number of hydrogen-bond donors (Lipinski definition) is 4. The third-order valence-corrected chi connectivity index (χ3v) is 3.39. The van der Waals surface area contributed by atoms with Gasteiger partial charge in [0.25, 0.3) is 0 Å². The van der Waals surface area contributed by atoms with Gasteiger partial charge in [-0.15, -0.1) is 0 Å². The zero-order valence-electron chi connectivity index (χ0n) is 10.4. The van der Waals surface area contributed by atoms with Gasteiger partial charge in [0.2, 0.25) is 5.91 Å². The summed E-state index contributed by atoms with van der Waals surface area (Å²) in [6, 6.07) is 7.22. The average Bonchev–Trinajstić information content (AvgIpc) is 2.38. The van der Waals surface area contributed by atoms with Crippen molar-refractivity contribution < 1.29 is 9.53 Å². The minimum Gasteiger partial charge on any atom is -0.496 e. The summed E-state index contributed by atoms with van der Waals surface area (Å²) in [5, 5.41) is 17.5. The standard InChI is InChI=1S/C12H15N3O2S2/c1-17-9-5-3-2-4-8(9)6-11(16)15-12(14)19-10(13)7-18/h2-5,13,18H,6-7H2,1H3,(H2,14,15,16). The van der Waals surface area contributed by atoms with E-state index in [1.54, 1.807) is 19.2 Å². The van der Waals surface area contributed by atoms with Gasteiger partial charge in [0.1, 0.15) is 5.75 Å². The van der Waals surface area contributed by atoms with Gasteiger partial charge >= 0.3 is 0 Å². The van der Waals surface area contributed by atoms with E-state index in [9.17, 15) is 4.79 Å². The number of rotatable bonds is 4. The molecule has 0 saturated heterocycles. The summed E-state index contributed by atoms with van der Waals surface area (Å²) in [5.74, 6) is 0.573. The Bertz CT molecular complexity index is 492. The molecule has 5 nitrogen and oxygen atoms in total. The van der Waals surface area contributed by atoms with Gasteiger partial charge in [0, 0.05) is 11.3 Å². The summed E-state index contributed by atoms with van der Waals surface area (Å²) in [6.45, 7) is 0. The van der Waals surface area contributed by atoms with Gasteiger partial charge in [-0.05, 0) is 17.8 Å². The van der Waals surface area contributed by atoms with Gasteiger partial charge in [-0.1, -0.05) is 18.2 Å². The maximum Gasteiger partial charge on any atom is 0.230 e. The summed E-state index contributed by atoms with van der Waals surface area (Å²) < 4.78 is 5.15. The fourth-order valence-electron chi connectivity index (χ4n) is 1.37. The number of ether oxygens (including phenoxy) is 1. The fourth-order valence-corrected chi connectivity index (χ4v) is 2.04. The average molecular weight is 297 g/mol. The summed E-state index contributed by atoms with van der Waals surface area (Å²) in [7, 11) is 1.54. The Kier molecular flexibility index (Phi) is 6.44. The van der Waals surface area contributed by atoms with Crippen molar-refractivity contribution >= 4 is 40.5 Å². The second-order valence-electron chi connectivity index (χ2n) is 3.55. The number of carbonyl (C=O) groups is 1. The van der Waals surface area contributed by atoms with Crippen LogP contribution in [0.5, 0.6) is 5.75 Å². The van der Waals surface area contributed by atoms with E-state index >= 15 is 0 Å². The van der Waals surface area contributed by atoms with Crippen LogP contribution < -0.4 is 10.1 Å². The number of thiol groups is 1. The Morgan fingerprint density at radius 1 is 1.42 bits per heavy atom. The third-order valence-electron chi connectivity index (χ3n) is 2.17. The Morgan fingerprint density at radius 2 is 2.11 bits per heavy atom. The van der Waals surface area contributed by atoms with E-state index in [1.807, 2.05) is 12.1 Å². The van der Waals surface area contributed by atoms with Crippen molar-refractivity contribution in [3.8, 4) is 5.75 Å². The molecule has 0 heterocycles. The highest BCUT2D eigenvalue weighted by molar-refractivity contribution is 8.27. The topological polar surface area (TPSA) is 86.0 Å². The van der Waals surface area contributed by atoms with E-state index in [-0.39, 0.29) is 28.3 Å². The second kappa shape index (κ2) is 7.85. The molecule has 7 heteroatoms. The Morgan fingerprint density at radius 3 is 2.74 bits per heavy atom. The summed E-state index contributed by atoms with van der Waals surface area (Å²) in [5.41, 5.74) is 0.754. The number of amidine groups is 1. The van der Waals surface area contributed by atoms with Gasteiger partial charge in [-0.2, -0.15) is 12.6 Å². The number of nitrogens with one attached hydrogen (secondary N) is 3. The zero-order chi connectivity index (χ0) is 14.3. The Balaban J connectivity index is 2.56. The van der Waals surface area contributed by atoms with E-state index in [0.717, 1.165) is 17.3 Å². The molecule has 0 spiro atoms. The van der Waals surface area contributed by atoms with Crippen LogP contribution in [0.2, 0.25) is 0 Å². The number of methoxy groups -OCH3 is 1. The SMILES string of the molecule is COc1ccccc1CC(=O)NC(=N)SC(=N)CS. The molecule has 3 N–H and O–H groups in total. The normalized spacial score (nSPS) is 9.79. The van der Waals surface area contributed by atoms with Crippen molar-refractivity contribution in [3.05, 3.63) is 29.8 Å². The van der Waals surface area contributed by atoms with Crippen molar-refractivity contribution in [1.82, 2.24) is 5.32 Å². The van der Waals surface area contributed by atoms with E-state index in [2.05, 4.69) is 17.9 Å². The van der Waals surface area contributed by atoms with Gasteiger partial charge < -0.3 is 10.1 Å². The number of para-hydroxylation sites is 1. The molecule has 0 aliphatic rings.